The lowest BCUT2D eigenvalue weighted by Gasteiger charge is -2.46. The summed E-state index contributed by atoms with van der Waals surface area (Å²) in [5.41, 5.74) is 1.13. The molecule has 110 valence electrons. The molecule has 2 heterocycles. The lowest BCUT2D eigenvalue weighted by Crippen LogP contribution is -2.59. The largest absolute Gasteiger partial charge is 0.494 e. The van der Waals surface area contributed by atoms with Crippen LogP contribution < -0.4 is 4.74 Å². The van der Waals surface area contributed by atoms with Crippen LogP contribution in [0, 0.1) is 5.82 Å². The Balaban J connectivity index is 1.50. The topological polar surface area (TPSA) is 15.7 Å². The first-order chi connectivity index (χ1) is 9.76. The van der Waals surface area contributed by atoms with Crippen molar-refractivity contribution >= 4 is 0 Å². The number of benzene rings is 1. The van der Waals surface area contributed by atoms with Crippen LogP contribution in [0.3, 0.4) is 0 Å². The summed E-state index contributed by atoms with van der Waals surface area (Å²) >= 11 is 0. The van der Waals surface area contributed by atoms with Gasteiger partial charge in [-0.1, -0.05) is 12.5 Å². The number of methoxy groups -OCH3 is 1. The van der Waals surface area contributed by atoms with Gasteiger partial charge < -0.3 is 4.74 Å². The van der Waals surface area contributed by atoms with E-state index in [1.165, 1.54) is 45.5 Å². The van der Waals surface area contributed by atoms with E-state index in [-0.39, 0.29) is 5.82 Å². The lowest BCUT2D eigenvalue weighted by molar-refractivity contribution is 0.0185. The van der Waals surface area contributed by atoms with Crippen LogP contribution in [0.5, 0.6) is 5.75 Å². The third kappa shape index (κ3) is 2.96. The van der Waals surface area contributed by atoms with Crippen molar-refractivity contribution < 1.29 is 9.13 Å². The zero-order chi connectivity index (χ0) is 13.9. The van der Waals surface area contributed by atoms with Gasteiger partial charge in [-0.15, -0.1) is 0 Å². The lowest BCUT2D eigenvalue weighted by atomic mass is 10.0. The van der Waals surface area contributed by atoms with E-state index in [2.05, 4.69) is 9.80 Å². The van der Waals surface area contributed by atoms with Crippen molar-refractivity contribution in [1.82, 2.24) is 9.80 Å². The van der Waals surface area contributed by atoms with Crippen LogP contribution in [0.25, 0.3) is 0 Å². The first kappa shape index (κ1) is 13.8. The van der Waals surface area contributed by atoms with Crippen molar-refractivity contribution in [3.05, 3.63) is 29.6 Å². The molecule has 0 saturated carbocycles. The Morgan fingerprint density at radius 2 is 1.95 bits per heavy atom. The van der Waals surface area contributed by atoms with Crippen molar-refractivity contribution in [2.75, 3.05) is 33.3 Å². The minimum absolute atomic E-state index is 0.286. The standard InChI is InChI=1S/C16H23FN2O/c1-20-16-9-13(5-6-15(16)17)10-18-11-14(12-18)19-7-3-2-4-8-19/h5-6,9,14H,2-4,7-8,10-12H2,1H3. The van der Waals surface area contributed by atoms with Gasteiger partial charge in [0.15, 0.2) is 11.6 Å². The fraction of sp³-hybridized carbons (Fsp3) is 0.625. The van der Waals surface area contributed by atoms with E-state index in [9.17, 15) is 4.39 Å². The highest BCUT2D eigenvalue weighted by Gasteiger charge is 2.32. The third-order valence-corrected chi connectivity index (χ3v) is 4.47. The summed E-state index contributed by atoms with van der Waals surface area (Å²) < 4.78 is 18.4. The van der Waals surface area contributed by atoms with Gasteiger partial charge in [0, 0.05) is 25.7 Å². The highest BCUT2D eigenvalue weighted by atomic mass is 19.1. The number of piperidine rings is 1. The molecule has 1 aromatic rings. The van der Waals surface area contributed by atoms with E-state index < -0.39 is 0 Å². The Morgan fingerprint density at radius 3 is 2.65 bits per heavy atom. The average molecular weight is 278 g/mol. The molecule has 3 rings (SSSR count). The molecular formula is C16H23FN2O. The number of hydrogen-bond donors (Lipinski definition) is 0. The van der Waals surface area contributed by atoms with Crippen molar-refractivity contribution in [2.24, 2.45) is 0 Å². The summed E-state index contributed by atoms with van der Waals surface area (Å²) in [4.78, 5) is 5.05. The summed E-state index contributed by atoms with van der Waals surface area (Å²) in [5, 5.41) is 0. The monoisotopic (exact) mass is 278 g/mol. The zero-order valence-corrected chi connectivity index (χ0v) is 12.1. The molecule has 2 fully saturated rings. The molecule has 3 nitrogen and oxygen atoms in total. The summed E-state index contributed by atoms with van der Waals surface area (Å²) in [6, 6.07) is 5.89. The molecule has 2 aliphatic rings. The van der Waals surface area contributed by atoms with Crippen LogP contribution in [-0.4, -0.2) is 49.1 Å². The van der Waals surface area contributed by atoms with Gasteiger partial charge in [-0.25, -0.2) is 4.39 Å². The minimum Gasteiger partial charge on any atom is -0.494 e. The quantitative estimate of drug-likeness (QED) is 0.841. The second kappa shape index (κ2) is 6.10. The number of halogens is 1. The molecule has 0 aromatic heterocycles. The van der Waals surface area contributed by atoms with Gasteiger partial charge in [0.2, 0.25) is 0 Å². The number of rotatable bonds is 4. The third-order valence-electron chi connectivity index (χ3n) is 4.47. The Kier molecular flexibility index (Phi) is 4.22. The Hall–Kier alpha value is -1.13. The molecule has 0 N–H and O–H groups in total. The van der Waals surface area contributed by atoms with Crippen LogP contribution >= 0.6 is 0 Å². The van der Waals surface area contributed by atoms with Gasteiger partial charge in [-0.2, -0.15) is 0 Å². The number of ether oxygens (including phenoxy) is 1. The first-order valence-electron chi connectivity index (χ1n) is 7.55. The summed E-state index contributed by atoms with van der Waals surface area (Å²) in [6.07, 6.45) is 4.10. The fourth-order valence-electron chi connectivity index (χ4n) is 3.25. The average Bonchev–Trinajstić information content (AvgIpc) is 2.45. The molecule has 0 unspecified atom stereocenters. The van der Waals surface area contributed by atoms with Gasteiger partial charge in [0.05, 0.1) is 7.11 Å². The van der Waals surface area contributed by atoms with Crippen molar-refractivity contribution in [2.45, 2.75) is 31.8 Å². The Bertz CT molecular complexity index is 454. The molecule has 0 atom stereocenters. The highest BCUT2D eigenvalue weighted by molar-refractivity contribution is 5.30. The van der Waals surface area contributed by atoms with Crippen molar-refractivity contribution in [1.29, 1.82) is 0 Å². The summed E-state index contributed by atoms with van der Waals surface area (Å²) in [6.45, 7) is 5.70. The van der Waals surface area contributed by atoms with Gasteiger partial charge in [-0.05, 0) is 43.6 Å². The van der Waals surface area contributed by atoms with Crippen LogP contribution in [0.2, 0.25) is 0 Å². The molecule has 2 saturated heterocycles. The predicted octanol–water partition coefficient (Wildman–Crippen LogP) is 2.50. The molecule has 4 heteroatoms. The summed E-state index contributed by atoms with van der Waals surface area (Å²) in [5.74, 6) is 0.0571. The van der Waals surface area contributed by atoms with E-state index >= 15 is 0 Å². The van der Waals surface area contributed by atoms with Crippen LogP contribution in [-0.2, 0) is 6.54 Å². The molecule has 1 aromatic carbocycles. The SMILES string of the molecule is COc1cc(CN2CC(N3CCCCC3)C2)ccc1F. The maximum atomic E-state index is 13.4. The van der Waals surface area contributed by atoms with E-state index in [1.54, 1.807) is 0 Å². The first-order valence-corrected chi connectivity index (χ1v) is 7.55. The zero-order valence-electron chi connectivity index (χ0n) is 12.1. The van der Waals surface area contributed by atoms with Crippen molar-refractivity contribution in [3.8, 4) is 5.75 Å². The van der Waals surface area contributed by atoms with E-state index in [0.717, 1.165) is 31.2 Å². The van der Waals surface area contributed by atoms with E-state index in [4.69, 9.17) is 4.74 Å². The number of nitrogens with zero attached hydrogens (tertiary/aromatic N) is 2. The van der Waals surface area contributed by atoms with E-state index in [0.29, 0.717) is 5.75 Å². The molecule has 2 aliphatic heterocycles. The van der Waals surface area contributed by atoms with Gasteiger partial charge in [0.25, 0.3) is 0 Å². The maximum absolute atomic E-state index is 13.4. The van der Waals surface area contributed by atoms with E-state index in [1.807, 2.05) is 12.1 Å². The smallest absolute Gasteiger partial charge is 0.165 e. The number of likely N-dealkylation sites (tertiary alicyclic amines) is 2. The molecule has 0 bridgehead atoms. The Morgan fingerprint density at radius 1 is 1.20 bits per heavy atom. The predicted molar refractivity (Wildman–Crippen MR) is 77.4 cm³/mol. The Labute approximate surface area is 120 Å². The number of hydrogen-bond acceptors (Lipinski definition) is 3. The van der Waals surface area contributed by atoms with Gasteiger partial charge in [-0.3, -0.25) is 9.80 Å². The molecular weight excluding hydrogens is 255 g/mol. The van der Waals surface area contributed by atoms with Crippen molar-refractivity contribution in [3.63, 3.8) is 0 Å². The van der Waals surface area contributed by atoms with Crippen LogP contribution in [0.1, 0.15) is 24.8 Å². The normalized spacial score (nSPS) is 21.7. The second-order valence-corrected chi connectivity index (χ2v) is 5.91. The van der Waals surface area contributed by atoms with Gasteiger partial charge in [0.1, 0.15) is 0 Å². The minimum atomic E-state index is -0.286. The molecule has 0 radical (unpaired) electrons. The highest BCUT2D eigenvalue weighted by Crippen LogP contribution is 2.24. The molecule has 0 spiro atoms. The fourth-order valence-corrected chi connectivity index (χ4v) is 3.25. The molecule has 20 heavy (non-hydrogen) atoms. The molecule has 0 amide bonds. The second-order valence-electron chi connectivity index (χ2n) is 5.91. The van der Waals surface area contributed by atoms with Crippen LogP contribution in [0.4, 0.5) is 4.39 Å². The maximum Gasteiger partial charge on any atom is 0.165 e. The van der Waals surface area contributed by atoms with Crippen LogP contribution in [0.15, 0.2) is 18.2 Å². The molecule has 0 aliphatic carbocycles. The van der Waals surface area contributed by atoms with Gasteiger partial charge >= 0.3 is 0 Å². The summed E-state index contributed by atoms with van der Waals surface area (Å²) in [7, 11) is 1.51.